The summed E-state index contributed by atoms with van der Waals surface area (Å²) in [5, 5.41) is 11.2. The third kappa shape index (κ3) is 3.12. The molecule has 0 radical (unpaired) electrons. The van der Waals surface area contributed by atoms with Crippen LogP contribution in [0.4, 0.5) is 0 Å². The van der Waals surface area contributed by atoms with Crippen molar-refractivity contribution in [3.8, 4) is 0 Å². The summed E-state index contributed by atoms with van der Waals surface area (Å²) in [7, 11) is 0. The van der Waals surface area contributed by atoms with Crippen molar-refractivity contribution in [3.63, 3.8) is 0 Å². The number of fused-ring (bicyclic) bond motifs is 1. The molecular formula is C17H17BrN4O. The molecule has 0 bridgehead atoms. The number of rotatable bonds is 4. The van der Waals surface area contributed by atoms with Crippen LogP contribution in [0.25, 0.3) is 11.0 Å². The molecule has 3 aromatic rings. The van der Waals surface area contributed by atoms with Gasteiger partial charge in [-0.05, 0) is 43.7 Å². The van der Waals surface area contributed by atoms with Crippen LogP contribution in [0, 0.1) is 0 Å². The van der Waals surface area contributed by atoms with Gasteiger partial charge in [0.05, 0.1) is 11.6 Å². The first-order chi connectivity index (χ1) is 11.1. The maximum Gasteiger partial charge on any atom is 0.251 e. The van der Waals surface area contributed by atoms with Gasteiger partial charge in [0.1, 0.15) is 5.52 Å². The Bertz CT molecular complexity index is 859. The first kappa shape index (κ1) is 15.7. The number of aromatic nitrogens is 3. The average Bonchev–Trinajstić information content (AvgIpc) is 2.97. The summed E-state index contributed by atoms with van der Waals surface area (Å²) in [5.41, 5.74) is 3.29. The largest absolute Gasteiger partial charge is 0.345 e. The zero-order valence-corrected chi connectivity index (χ0v) is 14.5. The Kier molecular flexibility index (Phi) is 4.43. The molecule has 0 aliphatic rings. The molecule has 5 nitrogen and oxygen atoms in total. The van der Waals surface area contributed by atoms with Crippen LogP contribution in [0.15, 0.2) is 46.9 Å². The number of benzene rings is 2. The topological polar surface area (TPSA) is 59.8 Å². The van der Waals surface area contributed by atoms with Gasteiger partial charge in [-0.15, -0.1) is 5.10 Å². The van der Waals surface area contributed by atoms with Gasteiger partial charge >= 0.3 is 0 Å². The molecule has 6 heteroatoms. The number of carbonyl (C=O) groups excluding carboxylic acids is 1. The summed E-state index contributed by atoms with van der Waals surface area (Å²) in [5.74, 6) is -0.124. The summed E-state index contributed by atoms with van der Waals surface area (Å²) in [6, 6.07) is 13.2. The summed E-state index contributed by atoms with van der Waals surface area (Å²) in [6.07, 6.45) is 0. The van der Waals surface area contributed by atoms with Gasteiger partial charge in [-0.2, -0.15) is 0 Å². The minimum atomic E-state index is -0.124. The molecule has 1 atom stereocenters. The summed E-state index contributed by atoms with van der Waals surface area (Å²) in [6.45, 7) is 4.72. The molecule has 1 N–H and O–H groups in total. The molecular weight excluding hydrogens is 356 g/mol. The van der Waals surface area contributed by atoms with E-state index < -0.39 is 0 Å². The zero-order valence-electron chi connectivity index (χ0n) is 13.0. The second-order valence-corrected chi connectivity index (χ2v) is 6.18. The fraction of sp³-hybridized carbons (Fsp3) is 0.235. The van der Waals surface area contributed by atoms with Crippen molar-refractivity contribution in [1.29, 1.82) is 0 Å². The lowest BCUT2D eigenvalue weighted by Gasteiger charge is -2.16. The Morgan fingerprint density at radius 2 is 2.09 bits per heavy atom. The maximum absolute atomic E-state index is 12.5. The minimum absolute atomic E-state index is 0.0971. The van der Waals surface area contributed by atoms with Crippen molar-refractivity contribution in [3.05, 3.63) is 58.1 Å². The fourth-order valence-electron chi connectivity index (χ4n) is 2.53. The van der Waals surface area contributed by atoms with E-state index in [1.165, 1.54) is 0 Å². The van der Waals surface area contributed by atoms with Crippen LogP contribution in [0.2, 0.25) is 0 Å². The second-order valence-electron chi connectivity index (χ2n) is 5.33. The second kappa shape index (κ2) is 6.50. The number of hydrogen-bond acceptors (Lipinski definition) is 3. The molecule has 0 saturated carbocycles. The molecule has 1 aromatic heterocycles. The maximum atomic E-state index is 12.5. The SMILES string of the molecule is CCn1nnc2cc(C(=O)NC(C)c3ccccc3Br)ccc21. The first-order valence-electron chi connectivity index (χ1n) is 7.48. The molecule has 0 fully saturated rings. The molecule has 0 spiro atoms. The summed E-state index contributed by atoms with van der Waals surface area (Å²) in [4.78, 5) is 12.5. The van der Waals surface area contributed by atoms with Crippen molar-refractivity contribution in [2.24, 2.45) is 0 Å². The van der Waals surface area contributed by atoms with Crippen LogP contribution < -0.4 is 5.32 Å². The quantitative estimate of drug-likeness (QED) is 0.759. The van der Waals surface area contributed by atoms with Crippen LogP contribution >= 0.6 is 15.9 Å². The first-order valence-corrected chi connectivity index (χ1v) is 8.28. The molecule has 0 aliphatic heterocycles. The highest BCUT2D eigenvalue weighted by Gasteiger charge is 2.14. The lowest BCUT2D eigenvalue weighted by Crippen LogP contribution is -2.26. The van der Waals surface area contributed by atoms with Crippen molar-refractivity contribution in [2.75, 3.05) is 0 Å². The smallest absolute Gasteiger partial charge is 0.251 e. The monoisotopic (exact) mass is 372 g/mol. The number of nitrogens with zero attached hydrogens (tertiary/aromatic N) is 3. The standard InChI is InChI=1S/C17H17BrN4O/c1-3-22-16-9-8-12(10-15(16)20-21-22)17(23)19-11(2)13-6-4-5-7-14(13)18/h4-11H,3H2,1-2H3,(H,19,23). The van der Waals surface area contributed by atoms with Crippen LogP contribution in [0.3, 0.4) is 0 Å². The van der Waals surface area contributed by atoms with E-state index in [0.717, 1.165) is 27.6 Å². The van der Waals surface area contributed by atoms with Gasteiger partial charge in [0.2, 0.25) is 0 Å². The predicted octanol–water partition coefficient (Wildman–Crippen LogP) is 3.70. The highest BCUT2D eigenvalue weighted by Crippen LogP contribution is 2.23. The molecule has 2 aromatic carbocycles. The molecule has 0 aliphatic carbocycles. The lowest BCUT2D eigenvalue weighted by atomic mass is 10.1. The van der Waals surface area contributed by atoms with Crippen LogP contribution in [-0.4, -0.2) is 20.9 Å². The van der Waals surface area contributed by atoms with E-state index in [1.807, 2.05) is 44.2 Å². The highest BCUT2D eigenvalue weighted by atomic mass is 79.9. The Morgan fingerprint density at radius 1 is 1.30 bits per heavy atom. The van der Waals surface area contributed by atoms with E-state index in [4.69, 9.17) is 0 Å². The van der Waals surface area contributed by atoms with Crippen LogP contribution in [-0.2, 0) is 6.54 Å². The van der Waals surface area contributed by atoms with Crippen LogP contribution in [0.5, 0.6) is 0 Å². The van der Waals surface area contributed by atoms with Crippen molar-refractivity contribution >= 4 is 32.9 Å². The Morgan fingerprint density at radius 3 is 2.83 bits per heavy atom. The molecule has 1 heterocycles. The summed E-state index contributed by atoms with van der Waals surface area (Å²) >= 11 is 3.51. The van der Waals surface area contributed by atoms with E-state index in [0.29, 0.717) is 5.56 Å². The Hall–Kier alpha value is -2.21. The van der Waals surface area contributed by atoms with Crippen molar-refractivity contribution in [2.45, 2.75) is 26.4 Å². The lowest BCUT2D eigenvalue weighted by molar-refractivity contribution is 0.0940. The van der Waals surface area contributed by atoms with Gasteiger partial charge in [-0.25, -0.2) is 4.68 Å². The van der Waals surface area contributed by atoms with Gasteiger partial charge in [0.15, 0.2) is 0 Å². The number of aryl methyl sites for hydroxylation is 1. The molecule has 0 saturated heterocycles. The average molecular weight is 373 g/mol. The molecule has 3 rings (SSSR count). The molecule has 23 heavy (non-hydrogen) atoms. The van der Waals surface area contributed by atoms with Gasteiger partial charge in [0, 0.05) is 16.6 Å². The van der Waals surface area contributed by atoms with Gasteiger partial charge in [-0.1, -0.05) is 39.3 Å². The van der Waals surface area contributed by atoms with E-state index in [9.17, 15) is 4.79 Å². The zero-order chi connectivity index (χ0) is 16.4. The number of nitrogens with one attached hydrogen (secondary N) is 1. The number of halogens is 1. The molecule has 118 valence electrons. The Balaban J connectivity index is 1.82. The third-order valence-electron chi connectivity index (χ3n) is 3.79. The van der Waals surface area contributed by atoms with Crippen molar-refractivity contribution in [1.82, 2.24) is 20.3 Å². The minimum Gasteiger partial charge on any atom is -0.345 e. The Labute approximate surface area is 142 Å². The van der Waals surface area contributed by atoms with Gasteiger partial charge in [-0.3, -0.25) is 4.79 Å². The predicted molar refractivity (Wildman–Crippen MR) is 93.2 cm³/mol. The fourth-order valence-corrected chi connectivity index (χ4v) is 3.16. The number of hydrogen-bond donors (Lipinski definition) is 1. The van der Waals surface area contributed by atoms with Crippen molar-refractivity contribution < 1.29 is 4.79 Å². The third-order valence-corrected chi connectivity index (χ3v) is 4.52. The van der Waals surface area contributed by atoms with E-state index in [-0.39, 0.29) is 11.9 Å². The van der Waals surface area contributed by atoms with Crippen LogP contribution in [0.1, 0.15) is 35.8 Å². The van der Waals surface area contributed by atoms with Gasteiger partial charge in [0.25, 0.3) is 5.91 Å². The van der Waals surface area contributed by atoms with Gasteiger partial charge < -0.3 is 5.32 Å². The molecule has 1 unspecified atom stereocenters. The summed E-state index contributed by atoms with van der Waals surface area (Å²) < 4.78 is 2.79. The molecule has 1 amide bonds. The number of carbonyl (C=O) groups is 1. The number of amides is 1. The van der Waals surface area contributed by atoms with E-state index in [1.54, 1.807) is 16.8 Å². The highest BCUT2D eigenvalue weighted by molar-refractivity contribution is 9.10. The van der Waals surface area contributed by atoms with E-state index >= 15 is 0 Å². The normalized spacial score (nSPS) is 12.3. The van der Waals surface area contributed by atoms with E-state index in [2.05, 4.69) is 31.6 Å².